The number of guanidine groups is 1. The van der Waals surface area contributed by atoms with Crippen LogP contribution in [-0.4, -0.2) is 24.5 Å². The van der Waals surface area contributed by atoms with Crippen LogP contribution in [0.25, 0.3) is 0 Å². The van der Waals surface area contributed by atoms with Gasteiger partial charge in [0.2, 0.25) is 0 Å². The first-order valence-electron chi connectivity index (χ1n) is 6.66. The molecule has 0 fully saturated rings. The Labute approximate surface area is 124 Å². The van der Waals surface area contributed by atoms with Gasteiger partial charge >= 0.3 is 0 Å². The first kappa shape index (κ1) is 14.5. The van der Waals surface area contributed by atoms with Gasteiger partial charge in [0.25, 0.3) is 0 Å². The first-order valence-corrected chi connectivity index (χ1v) is 7.48. The third kappa shape index (κ3) is 4.66. The van der Waals surface area contributed by atoms with Gasteiger partial charge in [0.05, 0.1) is 6.54 Å². The van der Waals surface area contributed by atoms with Gasteiger partial charge in [-0.1, -0.05) is 6.07 Å². The molecule has 0 spiro atoms. The van der Waals surface area contributed by atoms with Crippen LogP contribution in [0, 0.1) is 6.92 Å². The van der Waals surface area contributed by atoms with Crippen LogP contribution in [0.3, 0.4) is 0 Å². The van der Waals surface area contributed by atoms with Crippen LogP contribution in [0.2, 0.25) is 0 Å². The third-order valence-corrected chi connectivity index (χ3v) is 3.88. The van der Waals surface area contributed by atoms with Gasteiger partial charge in [-0.05, 0) is 37.1 Å². The van der Waals surface area contributed by atoms with E-state index >= 15 is 0 Å². The van der Waals surface area contributed by atoms with Crippen molar-refractivity contribution in [3.8, 4) is 0 Å². The summed E-state index contributed by atoms with van der Waals surface area (Å²) in [5, 5.41) is 6.63. The lowest BCUT2D eigenvalue weighted by Crippen LogP contribution is -2.37. The molecule has 2 aromatic heterocycles. The minimum atomic E-state index is 0.811. The Morgan fingerprint density at radius 2 is 2.20 bits per heavy atom. The molecule has 5 heteroatoms. The van der Waals surface area contributed by atoms with E-state index in [1.54, 1.807) is 13.2 Å². The minimum absolute atomic E-state index is 0.811. The van der Waals surface area contributed by atoms with E-state index in [4.69, 9.17) is 0 Å². The molecule has 2 heterocycles. The highest BCUT2D eigenvalue weighted by molar-refractivity contribution is 7.11. The number of nitrogens with one attached hydrogen (secondary N) is 2. The summed E-state index contributed by atoms with van der Waals surface area (Å²) >= 11 is 1.81. The molecule has 4 nitrogen and oxygen atoms in total. The quantitative estimate of drug-likeness (QED) is 0.656. The smallest absolute Gasteiger partial charge is 0.191 e. The molecule has 0 radical (unpaired) electrons. The van der Waals surface area contributed by atoms with Crippen molar-refractivity contribution in [2.75, 3.05) is 13.6 Å². The molecule has 0 saturated heterocycles. The predicted octanol–water partition coefficient (Wildman–Crippen LogP) is 2.36. The van der Waals surface area contributed by atoms with Crippen LogP contribution >= 0.6 is 11.3 Å². The Morgan fingerprint density at radius 3 is 2.85 bits per heavy atom. The molecule has 0 saturated carbocycles. The van der Waals surface area contributed by atoms with E-state index in [1.807, 2.05) is 23.6 Å². The molecule has 0 aliphatic heterocycles. The minimum Gasteiger partial charge on any atom is -0.356 e. The fourth-order valence-electron chi connectivity index (χ4n) is 1.84. The second kappa shape index (κ2) is 7.65. The van der Waals surface area contributed by atoms with Gasteiger partial charge in [-0.15, -0.1) is 11.3 Å². The van der Waals surface area contributed by atoms with Crippen LogP contribution in [-0.2, 0) is 13.0 Å². The molecule has 0 bridgehead atoms. The topological polar surface area (TPSA) is 49.3 Å². The van der Waals surface area contributed by atoms with Crippen molar-refractivity contribution in [3.63, 3.8) is 0 Å². The van der Waals surface area contributed by atoms with E-state index in [2.05, 4.69) is 45.7 Å². The van der Waals surface area contributed by atoms with Crippen LogP contribution < -0.4 is 10.6 Å². The van der Waals surface area contributed by atoms with Crippen molar-refractivity contribution in [3.05, 3.63) is 52.0 Å². The average Bonchev–Trinajstić information content (AvgIpc) is 2.89. The summed E-state index contributed by atoms with van der Waals surface area (Å²) in [6, 6.07) is 8.33. The maximum absolute atomic E-state index is 4.22. The van der Waals surface area contributed by atoms with E-state index in [0.29, 0.717) is 0 Å². The average molecular weight is 288 g/mol. The summed E-state index contributed by atoms with van der Waals surface area (Å²) < 4.78 is 0. The SMILES string of the molecule is CN=C(NCCc1cccnc1)NCc1ccc(C)s1. The lowest BCUT2D eigenvalue weighted by Gasteiger charge is -2.11. The van der Waals surface area contributed by atoms with Gasteiger partial charge in [-0.25, -0.2) is 0 Å². The predicted molar refractivity (Wildman–Crippen MR) is 85.2 cm³/mol. The molecule has 106 valence electrons. The van der Waals surface area contributed by atoms with E-state index in [-0.39, 0.29) is 0 Å². The van der Waals surface area contributed by atoms with Crippen molar-refractivity contribution < 1.29 is 0 Å². The molecule has 0 atom stereocenters. The van der Waals surface area contributed by atoms with E-state index in [0.717, 1.165) is 25.5 Å². The van der Waals surface area contributed by atoms with Crippen LogP contribution in [0.15, 0.2) is 41.7 Å². The molecule has 0 amide bonds. The van der Waals surface area contributed by atoms with Crippen LogP contribution in [0.5, 0.6) is 0 Å². The van der Waals surface area contributed by atoms with E-state index < -0.39 is 0 Å². The van der Waals surface area contributed by atoms with Crippen LogP contribution in [0.1, 0.15) is 15.3 Å². The summed E-state index contributed by atoms with van der Waals surface area (Å²) in [5.74, 6) is 0.833. The zero-order valence-corrected chi connectivity index (χ0v) is 12.7. The highest BCUT2D eigenvalue weighted by Gasteiger charge is 2.00. The fourth-order valence-corrected chi connectivity index (χ4v) is 2.67. The highest BCUT2D eigenvalue weighted by atomic mass is 32.1. The summed E-state index contributed by atoms with van der Waals surface area (Å²) in [6.45, 7) is 3.77. The van der Waals surface area contributed by atoms with Gasteiger partial charge in [0.15, 0.2) is 5.96 Å². The molecular weight excluding hydrogens is 268 g/mol. The van der Waals surface area contributed by atoms with Gasteiger partial charge in [-0.3, -0.25) is 9.98 Å². The van der Waals surface area contributed by atoms with E-state index in [9.17, 15) is 0 Å². The van der Waals surface area contributed by atoms with Gasteiger partial charge in [-0.2, -0.15) is 0 Å². The molecule has 20 heavy (non-hydrogen) atoms. The summed E-state index contributed by atoms with van der Waals surface area (Å²) in [7, 11) is 1.79. The van der Waals surface area contributed by atoms with Gasteiger partial charge < -0.3 is 10.6 Å². The number of aryl methyl sites for hydroxylation is 1. The second-order valence-electron chi connectivity index (χ2n) is 4.48. The monoisotopic (exact) mass is 288 g/mol. The fraction of sp³-hybridized carbons (Fsp3) is 0.333. The molecule has 0 aliphatic carbocycles. The molecule has 2 N–H and O–H groups in total. The zero-order valence-electron chi connectivity index (χ0n) is 11.9. The van der Waals surface area contributed by atoms with Crippen molar-refractivity contribution >= 4 is 17.3 Å². The summed E-state index contributed by atoms with van der Waals surface area (Å²) in [4.78, 5) is 11.0. The molecule has 0 unspecified atom stereocenters. The van der Waals surface area contributed by atoms with Crippen molar-refractivity contribution in [2.24, 2.45) is 4.99 Å². The Balaban J connectivity index is 1.73. The maximum Gasteiger partial charge on any atom is 0.191 e. The number of thiophene rings is 1. The second-order valence-corrected chi connectivity index (χ2v) is 5.85. The largest absolute Gasteiger partial charge is 0.356 e. The number of hydrogen-bond donors (Lipinski definition) is 2. The number of nitrogens with zero attached hydrogens (tertiary/aromatic N) is 2. The zero-order chi connectivity index (χ0) is 14.2. The first-order chi connectivity index (χ1) is 9.78. The number of rotatable bonds is 5. The number of hydrogen-bond acceptors (Lipinski definition) is 3. The lowest BCUT2D eigenvalue weighted by molar-refractivity contribution is 0.797. The number of pyridine rings is 1. The molecule has 2 aromatic rings. The normalized spacial score (nSPS) is 11.4. The Kier molecular flexibility index (Phi) is 5.55. The van der Waals surface area contributed by atoms with E-state index in [1.165, 1.54) is 15.3 Å². The lowest BCUT2D eigenvalue weighted by atomic mass is 10.2. The molecule has 0 aliphatic rings. The Hall–Kier alpha value is -1.88. The molecular formula is C15H20N4S. The highest BCUT2D eigenvalue weighted by Crippen LogP contribution is 2.14. The van der Waals surface area contributed by atoms with Gasteiger partial charge in [0.1, 0.15) is 0 Å². The Morgan fingerprint density at radius 1 is 1.30 bits per heavy atom. The standard InChI is InChI=1S/C15H20N4S/c1-12-5-6-14(20-12)11-19-15(16-2)18-9-7-13-4-3-8-17-10-13/h3-6,8,10H,7,9,11H2,1-2H3,(H2,16,18,19). The van der Waals surface area contributed by atoms with Crippen molar-refractivity contribution in [1.82, 2.24) is 15.6 Å². The number of aromatic nitrogens is 1. The third-order valence-electron chi connectivity index (χ3n) is 2.88. The molecule has 0 aromatic carbocycles. The molecule has 2 rings (SSSR count). The summed E-state index contributed by atoms with van der Waals surface area (Å²) in [6.07, 6.45) is 4.62. The Bertz CT molecular complexity index is 548. The van der Waals surface area contributed by atoms with Crippen molar-refractivity contribution in [2.45, 2.75) is 19.9 Å². The van der Waals surface area contributed by atoms with Crippen LogP contribution in [0.4, 0.5) is 0 Å². The van der Waals surface area contributed by atoms with Crippen molar-refractivity contribution in [1.29, 1.82) is 0 Å². The maximum atomic E-state index is 4.22. The summed E-state index contributed by atoms with van der Waals surface area (Å²) in [5.41, 5.74) is 1.23. The van der Waals surface area contributed by atoms with Gasteiger partial charge in [0, 0.05) is 35.7 Å². The number of aliphatic imine (C=N–C) groups is 1.